The van der Waals surface area contributed by atoms with Crippen LogP contribution in [0.4, 0.5) is 0 Å². The Kier molecular flexibility index (Phi) is 3.43. The first-order chi connectivity index (χ1) is 9.54. The minimum absolute atomic E-state index is 0.557. The molecule has 2 aromatic rings. The summed E-state index contributed by atoms with van der Waals surface area (Å²) in [5.74, 6) is 3.02. The lowest BCUT2D eigenvalue weighted by Gasteiger charge is -2.11. The number of benzene rings is 1. The van der Waals surface area contributed by atoms with Gasteiger partial charge in [-0.05, 0) is 49.4 Å². The highest BCUT2D eigenvalue weighted by Gasteiger charge is 2.36. The van der Waals surface area contributed by atoms with Gasteiger partial charge in [0.1, 0.15) is 17.6 Å². The van der Waals surface area contributed by atoms with Crippen LogP contribution >= 0.6 is 0 Å². The number of aliphatic hydroxyl groups is 1. The fourth-order valence-corrected chi connectivity index (χ4v) is 2.79. The molecule has 20 heavy (non-hydrogen) atoms. The second kappa shape index (κ2) is 5.10. The summed E-state index contributed by atoms with van der Waals surface area (Å²) in [6.45, 7) is 6.40. The SMILES string of the molecule is Cc1ccc(C)c(CC(O)c2ccc(C3CC3C)o2)c1. The molecule has 0 saturated heterocycles. The van der Waals surface area contributed by atoms with Crippen molar-refractivity contribution in [1.29, 1.82) is 0 Å². The van der Waals surface area contributed by atoms with E-state index in [1.807, 2.05) is 12.1 Å². The molecule has 1 aliphatic carbocycles. The Bertz CT molecular complexity index is 612. The van der Waals surface area contributed by atoms with Gasteiger partial charge in [0.15, 0.2) is 0 Å². The van der Waals surface area contributed by atoms with Crippen LogP contribution < -0.4 is 0 Å². The van der Waals surface area contributed by atoms with Gasteiger partial charge >= 0.3 is 0 Å². The summed E-state index contributed by atoms with van der Waals surface area (Å²) in [4.78, 5) is 0. The molecule has 0 amide bonds. The number of aliphatic hydroxyl groups excluding tert-OH is 1. The third-order valence-corrected chi connectivity index (χ3v) is 4.37. The summed E-state index contributed by atoms with van der Waals surface area (Å²) in [5.41, 5.74) is 3.64. The highest BCUT2D eigenvalue weighted by atomic mass is 16.4. The van der Waals surface area contributed by atoms with Gasteiger partial charge < -0.3 is 9.52 Å². The van der Waals surface area contributed by atoms with Gasteiger partial charge in [0.2, 0.25) is 0 Å². The molecule has 0 spiro atoms. The first-order valence-corrected chi connectivity index (χ1v) is 7.38. The van der Waals surface area contributed by atoms with Gasteiger partial charge in [0.05, 0.1) is 0 Å². The van der Waals surface area contributed by atoms with E-state index in [4.69, 9.17) is 4.42 Å². The Hall–Kier alpha value is -1.54. The molecule has 2 nitrogen and oxygen atoms in total. The minimum Gasteiger partial charge on any atom is -0.463 e. The largest absolute Gasteiger partial charge is 0.463 e. The summed E-state index contributed by atoms with van der Waals surface area (Å²) in [6, 6.07) is 10.3. The van der Waals surface area contributed by atoms with Gasteiger partial charge in [0.25, 0.3) is 0 Å². The summed E-state index contributed by atoms with van der Waals surface area (Å²) < 4.78 is 5.83. The number of aryl methyl sites for hydroxylation is 2. The van der Waals surface area contributed by atoms with Gasteiger partial charge in [0, 0.05) is 12.3 Å². The average Bonchev–Trinajstić information content (AvgIpc) is 2.95. The van der Waals surface area contributed by atoms with Crippen LogP contribution in [0.2, 0.25) is 0 Å². The molecule has 3 atom stereocenters. The van der Waals surface area contributed by atoms with Crippen LogP contribution in [0.15, 0.2) is 34.7 Å². The smallest absolute Gasteiger partial charge is 0.133 e. The molecule has 1 aromatic heterocycles. The molecule has 0 bridgehead atoms. The van der Waals surface area contributed by atoms with Gasteiger partial charge in [-0.2, -0.15) is 0 Å². The van der Waals surface area contributed by atoms with Crippen LogP contribution in [-0.4, -0.2) is 5.11 Å². The van der Waals surface area contributed by atoms with Gasteiger partial charge in [-0.25, -0.2) is 0 Å². The predicted molar refractivity (Wildman–Crippen MR) is 79.8 cm³/mol. The Morgan fingerprint density at radius 1 is 1.25 bits per heavy atom. The maximum atomic E-state index is 10.4. The van der Waals surface area contributed by atoms with Crippen LogP contribution in [-0.2, 0) is 6.42 Å². The third-order valence-electron chi connectivity index (χ3n) is 4.37. The highest BCUT2D eigenvalue weighted by molar-refractivity contribution is 5.31. The summed E-state index contributed by atoms with van der Waals surface area (Å²) in [6.07, 6.45) is 1.26. The second-order valence-electron chi connectivity index (χ2n) is 6.21. The molecule has 2 heteroatoms. The molecular formula is C18H22O2. The Labute approximate surface area is 120 Å². The highest BCUT2D eigenvalue weighted by Crippen LogP contribution is 2.47. The van der Waals surface area contributed by atoms with Gasteiger partial charge in [-0.1, -0.05) is 30.7 Å². The Morgan fingerprint density at radius 3 is 2.70 bits per heavy atom. The van der Waals surface area contributed by atoms with Crippen molar-refractivity contribution in [3.63, 3.8) is 0 Å². The van der Waals surface area contributed by atoms with Crippen LogP contribution in [0.25, 0.3) is 0 Å². The lowest BCUT2D eigenvalue weighted by Crippen LogP contribution is -2.02. The van der Waals surface area contributed by atoms with E-state index in [2.05, 4.69) is 39.0 Å². The molecule has 1 heterocycles. The van der Waals surface area contributed by atoms with Crippen molar-refractivity contribution < 1.29 is 9.52 Å². The van der Waals surface area contributed by atoms with Crippen molar-refractivity contribution in [2.45, 2.75) is 45.6 Å². The van der Waals surface area contributed by atoms with E-state index in [0.717, 1.165) is 11.7 Å². The predicted octanol–water partition coefficient (Wildman–Crippen LogP) is 4.30. The van der Waals surface area contributed by atoms with Gasteiger partial charge in [-0.15, -0.1) is 0 Å². The Morgan fingerprint density at radius 2 is 2.00 bits per heavy atom. The Balaban J connectivity index is 1.74. The molecule has 3 rings (SSSR count). The van der Waals surface area contributed by atoms with Crippen molar-refractivity contribution in [1.82, 2.24) is 0 Å². The van der Waals surface area contributed by atoms with E-state index in [0.29, 0.717) is 18.1 Å². The number of rotatable bonds is 4. The lowest BCUT2D eigenvalue weighted by molar-refractivity contribution is 0.148. The monoisotopic (exact) mass is 270 g/mol. The fourth-order valence-electron chi connectivity index (χ4n) is 2.79. The standard InChI is InChI=1S/C18H22O2/c1-11-4-5-12(2)14(8-11)10-16(19)18-7-6-17(20-18)15-9-13(15)3/h4-8,13,15-16,19H,9-10H2,1-3H3. The quantitative estimate of drug-likeness (QED) is 0.898. The van der Waals surface area contributed by atoms with E-state index in [9.17, 15) is 5.11 Å². The molecular weight excluding hydrogens is 248 g/mol. The summed E-state index contributed by atoms with van der Waals surface area (Å²) >= 11 is 0. The van der Waals surface area contributed by atoms with E-state index < -0.39 is 6.10 Å². The number of hydrogen-bond acceptors (Lipinski definition) is 2. The van der Waals surface area contributed by atoms with Crippen molar-refractivity contribution in [2.24, 2.45) is 5.92 Å². The maximum Gasteiger partial charge on any atom is 0.133 e. The van der Waals surface area contributed by atoms with Crippen molar-refractivity contribution >= 4 is 0 Å². The van der Waals surface area contributed by atoms with Crippen molar-refractivity contribution in [3.05, 3.63) is 58.5 Å². The molecule has 1 aromatic carbocycles. The van der Waals surface area contributed by atoms with Crippen LogP contribution in [0, 0.1) is 19.8 Å². The third kappa shape index (κ3) is 2.66. The normalized spacial score (nSPS) is 22.8. The average molecular weight is 270 g/mol. The summed E-state index contributed by atoms with van der Waals surface area (Å²) in [7, 11) is 0. The molecule has 106 valence electrons. The molecule has 0 aliphatic heterocycles. The van der Waals surface area contributed by atoms with E-state index >= 15 is 0 Å². The number of hydrogen-bond donors (Lipinski definition) is 1. The first-order valence-electron chi connectivity index (χ1n) is 7.38. The zero-order valence-corrected chi connectivity index (χ0v) is 12.4. The van der Waals surface area contributed by atoms with Crippen LogP contribution in [0.3, 0.4) is 0 Å². The summed E-state index contributed by atoms with van der Waals surface area (Å²) in [5, 5.41) is 10.4. The van der Waals surface area contributed by atoms with Crippen molar-refractivity contribution in [3.8, 4) is 0 Å². The number of furan rings is 1. The minimum atomic E-state index is -0.557. The lowest BCUT2D eigenvalue weighted by atomic mass is 9.99. The molecule has 1 fully saturated rings. The molecule has 1 aliphatic rings. The zero-order chi connectivity index (χ0) is 14.3. The molecule has 1 N–H and O–H groups in total. The van der Waals surface area contributed by atoms with Crippen molar-refractivity contribution in [2.75, 3.05) is 0 Å². The molecule has 3 unspecified atom stereocenters. The molecule has 1 saturated carbocycles. The van der Waals surface area contributed by atoms with E-state index in [1.165, 1.54) is 23.1 Å². The topological polar surface area (TPSA) is 33.4 Å². The zero-order valence-electron chi connectivity index (χ0n) is 12.4. The van der Waals surface area contributed by atoms with E-state index in [1.54, 1.807) is 0 Å². The molecule has 0 radical (unpaired) electrons. The van der Waals surface area contributed by atoms with Crippen LogP contribution in [0.1, 0.15) is 53.6 Å². The fraction of sp³-hybridized carbons (Fsp3) is 0.444. The van der Waals surface area contributed by atoms with Crippen LogP contribution in [0.5, 0.6) is 0 Å². The maximum absolute atomic E-state index is 10.4. The first kappa shape index (κ1) is 13.4. The second-order valence-corrected chi connectivity index (χ2v) is 6.21. The van der Waals surface area contributed by atoms with Gasteiger partial charge in [-0.3, -0.25) is 0 Å². The van der Waals surface area contributed by atoms with E-state index in [-0.39, 0.29) is 0 Å².